The molecular formula is C21H11N3O2S. The van der Waals surface area contributed by atoms with Crippen LogP contribution in [-0.4, -0.2) is 15.0 Å². The molecule has 5 nitrogen and oxygen atoms in total. The van der Waals surface area contributed by atoms with Crippen molar-refractivity contribution in [1.82, 2.24) is 15.0 Å². The van der Waals surface area contributed by atoms with Crippen molar-refractivity contribution in [1.29, 1.82) is 0 Å². The molecule has 0 bridgehead atoms. The molecule has 0 aliphatic heterocycles. The third-order valence-corrected chi connectivity index (χ3v) is 5.89. The molecule has 0 atom stereocenters. The number of rotatable bonds is 1. The average Bonchev–Trinajstić information content (AvgIpc) is 3.30. The lowest BCUT2D eigenvalue weighted by atomic mass is 10.1. The average molecular weight is 369 g/mol. The zero-order chi connectivity index (χ0) is 18.0. The van der Waals surface area contributed by atoms with Crippen molar-refractivity contribution in [3.05, 3.63) is 71.3 Å². The van der Waals surface area contributed by atoms with Crippen LogP contribution in [0.25, 0.3) is 53.6 Å². The number of H-pyrrole nitrogens is 1. The molecule has 0 aliphatic rings. The first kappa shape index (κ1) is 14.6. The molecule has 0 saturated carbocycles. The number of fused-ring (bicyclic) bond motifs is 6. The molecule has 6 heteroatoms. The molecule has 0 saturated heterocycles. The van der Waals surface area contributed by atoms with Crippen molar-refractivity contribution in [3.63, 3.8) is 0 Å². The van der Waals surface area contributed by atoms with Crippen LogP contribution in [0.3, 0.4) is 0 Å². The lowest BCUT2D eigenvalue weighted by Crippen LogP contribution is -2.03. The molecule has 0 spiro atoms. The molecule has 2 aromatic carbocycles. The second kappa shape index (κ2) is 5.25. The summed E-state index contributed by atoms with van der Waals surface area (Å²) in [4.78, 5) is 24.4. The number of aromatic amines is 1. The standard InChI is InChI=1S/C21H11N3O2S/c25-20-19-18(22-10-23-20)13-6-7-15(24-21(13)27-19)17-9-14-12-4-2-1-3-11(12)5-8-16(14)26-17/h1-10H,(H,22,23,25). The van der Waals surface area contributed by atoms with Crippen molar-refractivity contribution in [2.75, 3.05) is 0 Å². The minimum absolute atomic E-state index is 0.139. The highest BCUT2D eigenvalue weighted by molar-refractivity contribution is 7.25. The molecule has 27 heavy (non-hydrogen) atoms. The minimum atomic E-state index is -0.139. The minimum Gasteiger partial charge on any atom is -0.454 e. The lowest BCUT2D eigenvalue weighted by molar-refractivity contribution is 0.629. The van der Waals surface area contributed by atoms with Gasteiger partial charge in [-0.25, -0.2) is 9.97 Å². The third-order valence-electron chi connectivity index (χ3n) is 4.80. The van der Waals surface area contributed by atoms with Crippen LogP contribution >= 0.6 is 11.3 Å². The van der Waals surface area contributed by atoms with Crippen LogP contribution in [-0.2, 0) is 0 Å². The summed E-state index contributed by atoms with van der Waals surface area (Å²) in [7, 11) is 0. The van der Waals surface area contributed by atoms with Crippen LogP contribution in [0.5, 0.6) is 0 Å². The van der Waals surface area contributed by atoms with E-state index in [1.807, 2.05) is 36.4 Å². The molecule has 0 unspecified atom stereocenters. The highest BCUT2D eigenvalue weighted by Gasteiger charge is 2.14. The molecule has 1 N–H and O–H groups in total. The molecule has 0 aliphatic carbocycles. The zero-order valence-corrected chi connectivity index (χ0v) is 14.7. The first-order valence-corrected chi connectivity index (χ1v) is 9.28. The molecule has 6 aromatic rings. The highest BCUT2D eigenvalue weighted by Crippen LogP contribution is 2.35. The lowest BCUT2D eigenvalue weighted by Gasteiger charge is -1.96. The fraction of sp³-hybridized carbons (Fsp3) is 0. The Bertz CT molecular complexity index is 1560. The Morgan fingerprint density at radius 2 is 1.89 bits per heavy atom. The van der Waals surface area contributed by atoms with Gasteiger partial charge < -0.3 is 9.40 Å². The van der Waals surface area contributed by atoms with Crippen LogP contribution in [0.1, 0.15) is 0 Å². The Kier molecular flexibility index (Phi) is 2.84. The second-order valence-electron chi connectivity index (χ2n) is 6.37. The van der Waals surface area contributed by atoms with Gasteiger partial charge in [0.25, 0.3) is 5.56 Å². The summed E-state index contributed by atoms with van der Waals surface area (Å²) in [6.07, 6.45) is 1.43. The number of benzene rings is 2. The fourth-order valence-electron chi connectivity index (χ4n) is 3.52. The molecule has 0 fully saturated rings. The van der Waals surface area contributed by atoms with E-state index in [1.54, 1.807) is 0 Å². The summed E-state index contributed by atoms with van der Waals surface area (Å²) in [5.41, 5.74) is 2.12. The molecule has 4 heterocycles. The summed E-state index contributed by atoms with van der Waals surface area (Å²) in [5, 5.41) is 4.28. The van der Waals surface area contributed by atoms with Gasteiger partial charge in [0.2, 0.25) is 0 Å². The molecular weight excluding hydrogens is 358 g/mol. The van der Waals surface area contributed by atoms with Crippen molar-refractivity contribution in [2.45, 2.75) is 0 Å². The van der Waals surface area contributed by atoms with Crippen LogP contribution in [0.15, 0.2) is 70.1 Å². The van der Waals surface area contributed by atoms with Gasteiger partial charge in [0.05, 0.1) is 11.8 Å². The van der Waals surface area contributed by atoms with Gasteiger partial charge in [0, 0.05) is 10.8 Å². The van der Waals surface area contributed by atoms with Crippen molar-refractivity contribution in [2.24, 2.45) is 0 Å². The summed E-state index contributed by atoms with van der Waals surface area (Å²) in [6.45, 7) is 0. The second-order valence-corrected chi connectivity index (χ2v) is 7.37. The number of hydrogen-bond donors (Lipinski definition) is 1. The number of furan rings is 1. The quantitative estimate of drug-likeness (QED) is 0.438. The predicted octanol–water partition coefficient (Wildman–Crippen LogP) is 5.10. The summed E-state index contributed by atoms with van der Waals surface area (Å²) in [5.74, 6) is 0.711. The number of hydrogen-bond acceptors (Lipinski definition) is 5. The fourth-order valence-corrected chi connectivity index (χ4v) is 4.55. The maximum absolute atomic E-state index is 12.0. The molecule has 6 rings (SSSR count). The molecule has 4 aromatic heterocycles. The van der Waals surface area contributed by atoms with Gasteiger partial charge in [0.1, 0.15) is 20.8 Å². The van der Waals surface area contributed by atoms with Gasteiger partial charge in [-0.3, -0.25) is 4.79 Å². The first-order valence-electron chi connectivity index (χ1n) is 8.46. The first-order chi connectivity index (χ1) is 13.3. The van der Waals surface area contributed by atoms with E-state index in [0.717, 1.165) is 32.3 Å². The molecule has 0 amide bonds. The monoisotopic (exact) mass is 369 g/mol. The Morgan fingerprint density at radius 3 is 2.85 bits per heavy atom. The van der Waals surface area contributed by atoms with Crippen molar-refractivity contribution >= 4 is 53.5 Å². The van der Waals surface area contributed by atoms with Crippen LogP contribution in [0, 0.1) is 0 Å². The van der Waals surface area contributed by atoms with E-state index in [0.29, 0.717) is 16.0 Å². The van der Waals surface area contributed by atoms with E-state index >= 15 is 0 Å². The summed E-state index contributed by atoms with van der Waals surface area (Å²) >= 11 is 1.35. The Hall–Kier alpha value is -3.51. The predicted molar refractivity (Wildman–Crippen MR) is 108 cm³/mol. The van der Waals surface area contributed by atoms with Crippen molar-refractivity contribution < 1.29 is 4.42 Å². The van der Waals surface area contributed by atoms with Crippen LogP contribution in [0.2, 0.25) is 0 Å². The smallest absolute Gasteiger partial charge is 0.268 e. The molecule has 0 radical (unpaired) electrons. The SMILES string of the molecule is O=c1[nH]cnc2c1sc1nc(-c3cc4c(ccc5ccccc54)o3)ccc12. The zero-order valence-electron chi connectivity index (χ0n) is 13.9. The van der Waals surface area contributed by atoms with E-state index < -0.39 is 0 Å². The maximum Gasteiger partial charge on any atom is 0.268 e. The maximum atomic E-state index is 12.0. The highest BCUT2D eigenvalue weighted by atomic mass is 32.1. The number of nitrogens with one attached hydrogen (secondary N) is 1. The van der Waals surface area contributed by atoms with Crippen LogP contribution in [0.4, 0.5) is 0 Å². The summed E-state index contributed by atoms with van der Waals surface area (Å²) < 4.78 is 6.66. The Morgan fingerprint density at radius 1 is 0.963 bits per heavy atom. The summed E-state index contributed by atoms with van der Waals surface area (Å²) in [6, 6.07) is 18.2. The topological polar surface area (TPSA) is 71.8 Å². The normalized spacial score (nSPS) is 11.9. The molecule has 128 valence electrons. The number of thiophene rings is 1. The van der Waals surface area contributed by atoms with Gasteiger partial charge in [-0.2, -0.15) is 0 Å². The van der Waals surface area contributed by atoms with Gasteiger partial charge >= 0.3 is 0 Å². The Balaban J connectivity index is 1.60. The van der Waals surface area contributed by atoms with E-state index in [2.05, 4.69) is 28.2 Å². The van der Waals surface area contributed by atoms with E-state index in [-0.39, 0.29) is 5.56 Å². The van der Waals surface area contributed by atoms with Gasteiger partial charge in [-0.05, 0) is 35.0 Å². The van der Waals surface area contributed by atoms with Gasteiger partial charge in [-0.15, -0.1) is 11.3 Å². The van der Waals surface area contributed by atoms with Crippen molar-refractivity contribution in [3.8, 4) is 11.5 Å². The number of nitrogens with zero attached hydrogens (tertiary/aromatic N) is 2. The number of aromatic nitrogens is 3. The third kappa shape index (κ3) is 2.07. The van der Waals surface area contributed by atoms with Crippen LogP contribution < -0.4 is 5.56 Å². The van der Waals surface area contributed by atoms with E-state index in [4.69, 9.17) is 9.40 Å². The number of pyridine rings is 1. The van der Waals surface area contributed by atoms with Gasteiger partial charge in [-0.1, -0.05) is 30.3 Å². The van der Waals surface area contributed by atoms with E-state index in [9.17, 15) is 4.79 Å². The van der Waals surface area contributed by atoms with Gasteiger partial charge in [0.15, 0.2) is 5.76 Å². The Labute approximate surface area is 155 Å². The largest absolute Gasteiger partial charge is 0.454 e. The van der Waals surface area contributed by atoms with E-state index in [1.165, 1.54) is 23.1 Å².